The number of benzene rings is 2. The number of carbonyl (C=O) groups is 3. The Morgan fingerprint density at radius 3 is 2.79 bits per heavy atom. The maximum Gasteiger partial charge on any atom is 0.255 e. The number of hydrogen-bond acceptors (Lipinski definition) is 6. The van der Waals surface area contributed by atoms with Gasteiger partial charge in [0.15, 0.2) is 0 Å². The van der Waals surface area contributed by atoms with Crippen molar-refractivity contribution in [3.05, 3.63) is 64.5 Å². The fraction of sp³-hybridized carbons (Fsp3) is 0.400. The molecule has 0 radical (unpaired) electrons. The Balaban J connectivity index is 1.36. The van der Waals surface area contributed by atoms with Gasteiger partial charge in [0.05, 0.1) is 23.9 Å². The van der Waals surface area contributed by atoms with Crippen LogP contribution in [-0.4, -0.2) is 59.8 Å². The summed E-state index contributed by atoms with van der Waals surface area (Å²) in [4.78, 5) is 40.3. The zero-order valence-corrected chi connectivity index (χ0v) is 18.4. The first-order valence-electron chi connectivity index (χ1n) is 12.6. The summed E-state index contributed by atoms with van der Waals surface area (Å²) in [7, 11) is 0. The first-order valence-corrected chi connectivity index (χ1v) is 11.1. The van der Waals surface area contributed by atoms with Crippen molar-refractivity contribution in [1.82, 2.24) is 15.1 Å². The van der Waals surface area contributed by atoms with Crippen LogP contribution in [0.1, 0.15) is 44.0 Å². The number of nitrogens with one attached hydrogen (secondary N) is 1. The molecular weight excluding hydrogens is 441 g/mol. The maximum absolute atomic E-state index is 15.0. The third-order valence-corrected chi connectivity index (χ3v) is 6.17. The molecule has 2 fully saturated rings. The van der Waals surface area contributed by atoms with Gasteiger partial charge >= 0.3 is 0 Å². The van der Waals surface area contributed by atoms with Gasteiger partial charge in [-0.2, -0.15) is 0 Å². The summed E-state index contributed by atoms with van der Waals surface area (Å²) in [6.07, 6.45) is -0.238. The molecular formula is C25H26FN3O5. The predicted molar refractivity (Wildman–Crippen MR) is 119 cm³/mol. The van der Waals surface area contributed by atoms with Gasteiger partial charge in [0, 0.05) is 42.7 Å². The van der Waals surface area contributed by atoms with Crippen molar-refractivity contribution < 1.29 is 32.4 Å². The molecule has 2 aromatic rings. The Hall–Kier alpha value is -3.30. The Morgan fingerprint density at radius 1 is 1.21 bits per heavy atom. The van der Waals surface area contributed by atoms with Crippen molar-refractivity contribution in [2.75, 3.05) is 26.3 Å². The minimum atomic E-state index is -2.57. The standard InChI is InChI=1S/C25H26FN3O5/c26-20-12-16(13-28-8-10-33-11-9-28)4-5-17(20)15-34-22-3-1-2-18-19(22)14-29(25(18)32)21-6-7-23(30)27-24(21)31/h1-5,12,21H,6-11,13-15H2,(H,27,30,31)/t21-/m0/s1/i15D2,21D. The van der Waals surface area contributed by atoms with E-state index in [0.29, 0.717) is 25.3 Å². The molecule has 1 N–H and O–H groups in total. The van der Waals surface area contributed by atoms with E-state index in [1.165, 1.54) is 30.3 Å². The van der Waals surface area contributed by atoms with Crippen LogP contribution in [0.5, 0.6) is 5.75 Å². The van der Waals surface area contributed by atoms with Crippen LogP contribution in [0, 0.1) is 5.82 Å². The van der Waals surface area contributed by atoms with Gasteiger partial charge in [0.1, 0.15) is 24.1 Å². The summed E-state index contributed by atoms with van der Waals surface area (Å²) in [6.45, 7) is 0.458. The van der Waals surface area contributed by atoms with Crippen LogP contribution in [-0.2, 0) is 34.0 Å². The van der Waals surface area contributed by atoms with Gasteiger partial charge in [-0.25, -0.2) is 4.39 Å². The van der Waals surface area contributed by atoms with Crippen molar-refractivity contribution >= 4 is 17.7 Å². The molecule has 2 aromatic carbocycles. The second kappa shape index (κ2) is 9.52. The van der Waals surface area contributed by atoms with Gasteiger partial charge in [-0.1, -0.05) is 18.2 Å². The molecule has 0 spiro atoms. The minimum Gasteiger partial charge on any atom is -0.488 e. The van der Waals surface area contributed by atoms with Gasteiger partial charge < -0.3 is 14.4 Å². The average molecular weight is 471 g/mol. The molecule has 9 heteroatoms. The van der Waals surface area contributed by atoms with Crippen molar-refractivity contribution in [2.24, 2.45) is 0 Å². The summed E-state index contributed by atoms with van der Waals surface area (Å²) in [5.41, 5.74) is 0.855. The van der Waals surface area contributed by atoms with Gasteiger partial charge in [-0.05, 0) is 30.2 Å². The van der Waals surface area contributed by atoms with E-state index in [-0.39, 0.29) is 41.8 Å². The summed E-state index contributed by atoms with van der Waals surface area (Å²) >= 11 is 0. The molecule has 5 rings (SSSR count). The number of ether oxygens (including phenoxy) is 2. The normalized spacial score (nSPS) is 24.8. The monoisotopic (exact) mass is 470 g/mol. The van der Waals surface area contributed by atoms with Gasteiger partial charge in [-0.15, -0.1) is 0 Å². The first kappa shape index (κ1) is 19.1. The number of carbonyl (C=O) groups excluding carboxylic acids is 3. The van der Waals surface area contributed by atoms with Crippen LogP contribution in [0.15, 0.2) is 36.4 Å². The molecule has 178 valence electrons. The lowest BCUT2D eigenvalue weighted by Gasteiger charge is -2.29. The second-order valence-electron chi connectivity index (χ2n) is 8.40. The number of amides is 3. The number of rotatable bonds is 6. The van der Waals surface area contributed by atoms with Crippen molar-refractivity contribution in [1.29, 1.82) is 0 Å². The van der Waals surface area contributed by atoms with Gasteiger partial charge in [0.2, 0.25) is 11.8 Å². The van der Waals surface area contributed by atoms with E-state index in [9.17, 15) is 14.4 Å². The molecule has 0 aromatic heterocycles. The highest BCUT2D eigenvalue weighted by Crippen LogP contribution is 2.34. The Morgan fingerprint density at radius 2 is 2.03 bits per heavy atom. The molecule has 0 saturated carbocycles. The number of fused-ring (bicyclic) bond motifs is 1. The smallest absolute Gasteiger partial charge is 0.255 e. The van der Waals surface area contributed by atoms with Crippen LogP contribution in [0.4, 0.5) is 4.39 Å². The summed E-state index contributed by atoms with van der Waals surface area (Å²) < 4.78 is 51.5. The molecule has 0 unspecified atom stereocenters. The molecule has 3 heterocycles. The predicted octanol–water partition coefficient (Wildman–Crippen LogP) is 2.00. The van der Waals surface area contributed by atoms with E-state index >= 15 is 4.39 Å². The topological polar surface area (TPSA) is 88.2 Å². The van der Waals surface area contributed by atoms with Crippen LogP contribution in [0.25, 0.3) is 0 Å². The van der Waals surface area contributed by atoms with Crippen LogP contribution >= 0.6 is 0 Å². The number of hydrogen-bond donors (Lipinski definition) is 1. The van der Waals surface area contributed by atoms with E-state index in [4.69, 9.17) is 13.6 Å². The van der Waals surface area contributed by atoms with E-state index in [1.54, 1.807) is 6.07 Å². The Labute approximate surface area is 200 Å². The number of morpholine rings is 1. The number of piperidine rings is 1. The van der Waals surface area contributed by atoms with E-state index in [1.807, 2.05) is 0 Å². The van der Waals surface area contributed by atoms with Crippen molar-refractivity contribution in [3.63, 3.8) is 0 Å². The molecule has 0 aliphatic carbocycles. The molecule has 8 nitrogen and oxygen atoms in total. The maximum atomic E-state index is 15.0. The SMILES string of the molecule is [2H]C([2H])(Oc1cccc2c1CN([C@@]1([2H])CCC(=O)NC1=O)C2=O)c1ccc(CN2CCOCC2)cc1F. The van der Waals surface area contributed by atoms with Crippen LogP contribution in [0.3, 0.4) is 0 Å². The third kappa shape index (κ3) is 4.53. The molecule has 3 amide bonds. The first-order chi connectivity index (χ1) is 17.6. The summed E-state index contributed by atoms with van der Waals surface area (Å²) in [5, 5.41) is 2.10. The van der Waals surface area contributed by atoms with Crippen molar-refractivity contribution in [2.45, 2.75) is 38.5 Å². The van der Waals surface area contributed by atoms with E-state index < -0.39 is 36.1 Å². The highest BCUT2D eigenvalue weighted by molar-refractivity contribution is 6.05. The summed E-state index contributed by atoms with van der Waals surface area (Å²) in [5.74, 6) is -2.74. The van der Waals surface area contributed by atoms with Gasteiger partial charge in [0.25, 0.3) is 5.91 Å². The Bertz CT molecular complexity index is 1270. The molecule has 3 aliphatic heterocycles. The largest absolute Gasteiger partial charge is 0.488 e. The van der Waals surface area contributed by atoms with Gasteiger partial charge in [-0.3, -0.25) is 24.6 Å². The number of nitrogens with zero attached hydrogens (tertiary/aromatic N) is 2. The zero-order chi connectivity index (χ0) is 26.4. The van der Waals surface area contributed by atoms with Crippen LogP contribution in [0.2, 0.25) is 0 Å². The lowest BCUT2D eigenvalue weighted by atomic mass is 10.0. The fourth-order valence-corrected chi connectivity index (χ4v) is 4.35. The lowest BCUT2D eigenvalue weighted by molar-refractivity contribution is -0.136. The number of halogens is 1. The highest BCUT2D eigenvalue weighted by Gasteiger charge is 2.40. The zero-order valence-electron chi connectivity index (χ0n) is 21.4. The second-order valence-corrected chi connectivity index (χ2v) is 8.40. The molecule has 34 heavy (non-hydrogen) atoms. The van der Waals surface area contributed by atoms with E-state index in [0.717, 1.165) is 18.0 Å². The molecule has 0 bridgehead atoms. The highest BCUT2D eigenvalue weighted by atomic mass is 19.1. The van der Waals surface area contributed by atoms with Crippen molar-refractivity contribution in [3.8, 4) is 5.75 Å². The molecule has 2 saturated heterocycles. The average Bonchev–Trinajstić information content (AvgIpc) is 3.20. The fourth-order valence-electron chi connectivity index (χ4n) is 4.35. The van der Waals surface area contributed by atoms with E-state index in [2.05, 4.69) is 10.2 Å². The lowest BCUT2D eigenvalue weighted by Crippen LogP contribution is -2.52. The molecule has 3 aliphatic rings. The quantitative estimate of drug-likeness (QED) is 0.650. The molecule has 1 atom stereocenters. The minimum absolute atomic E-state index is 0.00559. The van der Waals surface area contributed by atoms with Crippen LogP contribution < -0.4 is 10.1 Å². The number of imide groups is 1. The summed E-state index contributed by atoms with van der Waals surface area (Å²) in [6, 6.07) is 6.77. The third-order valence-electron chi connectivity index (χ3n) is 6.17. The Kier molecular flexibility index (Phi) is 5.33.